The highest BCUT2D eigenvalue weighted by atomic mass is 35.5. The highest BCUT2D eigenvalue weighted by Crippen LogP contribution is 2.38. The summed E-state index contributed by atoms with van der Waals surface area (Å²) >= 11 is 13.2. The number of thiazole rings is 1. The first-order valence-electron chi connectivity index (χ1n) is 10.0. The quantitative estimate of drug-likeness (QED) is 0.272. The first-order valence-corrected chi connectivity index (χ1v) is 11.6. The van der Waals surface area contributed by atoms with Gasteiger partial charge in [-0.2, -0.15) is 13.2 Å². The van der Waals surface area contributed by atoms with E-state index in [-0.39, 0.29) is 18.0 Å². The third-order valence-corrected chi connectivity index (χ3v) is 6.03. The van der Waals surface area contributed by atoms with Crippen LogP contribution in [0.1, 0.15) is 37.4 Å². The van der Waals surface area contributed by atoms with Gasteiger partial charge in [0.15, 0.2) is 5.13 Å². The van der Waals surface area contributed by atoms with Crippen molar-refractivity contribution in [3.63, 3.8) is 0 Å². The number of aromatic nitrogens is 1. The Bertz CT molecular complexity index is 1040. The Hall–Kier alpha value is -2.16. The van der Waals surface area contributed by atoms with E-state index in [1.165, 1.54) is 17.4 Å². The molecule has 32 heavy (non-hydrogen) atoms. The lowest BCUT2D eigenvalue weighted by Gasteiger charge is -2.15. The molecule has 0 fully saturated rings. The Morgan fingerprint density at radius 3 is 2.53 bits per heavy atom. The molecule has 0 amide bonds. The van der Waals surface area contributed by atoms with Gasteiger partial charge in [-0.15, -0.1) is 11.3 Å². The van der Waals surface area contributed by atoms with Crippen LogP contribution in [0.2, 0.25) is 10.0 Å². The molecule has 2 aromatic carbocycles. The minimum absolute atomic E-state index is 0.162. The van der Waals surface area contributed by atoms with Crippen LogP contribution < -0.4 is 15.4 Å². The van der Waals surface area contributed by atoms with Crippen molar-refractivity contribution in [2.24, 2.45) is 0 Å². The molecule has 0 unspecified atom stereocenters. The summed E-state index contributed by atoms with van der Waals surface area (Å²) in [5, 5.41) is 9.33. The van der Waals surface area contributed by atoms with Crippen LogP contribution in [0, 0.1) is 0 Å². The van der Waals surface area contributed by atoms with Crippen molar-refractivity contribution in [3.8, 4) is 5.75 Å². The maximum absolute atomic E-state index is 13.5. The summed E-state index contributed by atoms with van der Waals surface area (Å²) < 4.78 is 45.9. The molecule has 2 N–H and O–H groups in total. The van der Waals surface area contributed by atoms with Gasteiger partial charge in [0.25, 0.3) is 0 Å². The number of halogens is 5. The van der Waals surface area contributed by atoms with Gasteiger partial charge in [0.2, 0.25) is 0 Å². The standard InChI is InChI=1S/C22H22Cl2F3N3OS/c1-2-3-4-9-31-20-8-6-15(10-17(20)22(25,26)27)29-21-30-16(13-32-21)12-28-14-5-7-18(23)19(24)11-14/h5-8,10-11,13,28H,2-4,9,12H2,1H3,(H,29,30). The molecule has 0 aliphatic carbocycles. The predicted octanol–water partition coefficient (Wildman–Crippen LogP) is 8.39. The third kappa shape index (κ3) is 6.92. The number of anilines is 3. The van der Waals surface area contributed by atoms with E-state index >= 15 is 0 Å². The number of hydrogen-bond donors (Lipinski definition) is 2. The van der Waals surface area contributed by atoms with Crippen LogP contribution in [0.5, 0.6) is 5.75 Å². The number of ether oxygens (including phenoxy) is 1. The lowest BCUT2D eigenvalue weighted by molar-refractivity contribution is -0.138. The zero-order valence-electron chi connectivity index (χ0n) is 17.2. The SMILES string of the molecule is CCCCCOc1ccc(Nc2nc(CNc3ccc(Cl)c(Cl)c3)cs2)cc1C(F)(F)F. The molecule has 0 radical (unpaired) electrons. The highest BCUT2D eigenvalue weighted by Gasteiger charge is 2.34. The number of benzene rings is 2. The van der Waals surface area contributed by atoms with Gasteiger partial charge >= 0.3 is 6.18 Å². The summed E-state index contributed by atoms with van der Waals surface area (Å²) in [6, 6.07) is 9.14. The third-order valence-electron chi connectivity index (χ3n) is 4.49. The largest absolute Gasteiger partial charge is 0.493 e. The molecule has 10 heteroatoms. The number of rotatable bonds is 10. The molecule has 0 aliphatic heterocycles. The van der Waals surface area contributed by atoms with E-state index in [1.807, 2.05) is 12.3 Å². The minimum Gasteiger partial charge on any atom is -0.493 e. The van der Waals surface area contributed by atoms with Gasteiger partial charge in [-0.3, -0.25) is 0 Å². The molecule has 0 saturated heterocycles. The van der Waals surface area contributed by atoms with Crippen LogP contribution in [-0.2, 0) is 12.7 Å². The van der Waals surface area contributed by atoms with Gasteiger partial charge in [-0.1, -0.05) is 43.0 Å². The van der Waals surface area contributed by atoms with E-state index in [0.29, 0.717) is 28.1 Å². The molecule has 0 bridgehead atoms. The molecule has 172 valence electrons. The van der Waals surface area contributed by atoms with E-state index in [4.69, 9.17) is 27.9 Å². The molecule has 0 saturated carbocycles. The fraction of sp³-hybridized carbons (Fsp3) is 0.318. The molecule has 0 aliphatic rings. The summed E-state index contributed by atoms with van der Waals surface area (Å²) in [5.74, 6) is -0.162. The first kappa shape index (κ1) is 24.5. The fourth-order valence-electron chi connectivity index (χ4n) is 2.86. The fourth-order valence-corrected chi connectivity index (χ4v) is 3.89. The zero-order chi connectivity index (χ0) is 23.1. The average molecular weight is 504 g/mol. The molecule has 0 spiro atoms. The predicted molar refractivity (Wildman–Crippen MR) is 126 cm³/mol. The van der Waals surface area contributed by atoms with Crippen molar-refractivity contribution in [2.45, 2.75) is 38.9 Å². The summed E-state index contributed by atoms with van der Waals surface area (Å²) in [6.45, 7) is 2.70. The van der Waals surface area contributed by atoms with E-state index in [1.54, 1.807) is 24.3 Å². The van der Waals surface area contributed by atoms with E-state index in [0.717, 1.165) is 30.3 Å². The van der Waals surface area contributed by atoms with Crippen LogP contribution in [0.25, 0.3) is 0 Å². The second-order valence-corrected chi connectivity index (χ2v) is 8.69. The summed E-state index contributed by atoms with van der Waals surface area (Å²) in [4.78, 5) is 4.42. The molecule has 4 nitrogen and oxygen atoms in total. The average Bonchev–Trinajstić information content (AvgIpc) is 3.19. The van der Waals surface area contributed by atoms with Crippen molar-refractivity contribution in [2.75, 3.05) is 17.2 Å². The molecular weight excluding hydrogens is 482 g/mol. The van der Waals surface area contributed by atoms with Crippen molar-refractivity contribution < 1.29 is 17.9 Å². The van der Waals surface area contributed by atoms with Gasteiger partial charge in [0.1, 0.15) is 5.75 Å². The Labute approximate surface area is 198 Å². The van der Waals surface area contributed by atoms with Crippen LogP contribution in [0.3, 0.4) is 0 Å². The van der Waals surface area contributed by atoms with Crippen molar-refractivity contribution in [3.05, 3.63) is 63.1 Å². The summed E-state index contributed by atoms with van der Waals surface area (Å²) in [6.07, 6.45) is -1.92. The van der Waals surface area contributed by atoms with Crippen LogP contribution in [0.15, 0.2) is 41.8 Å². The number of nitrogens with zero attached hydrogens (tertiary/aromatic N) is 1. The second kappa shape index (κ2) is 11.1. The number of nitrogens with one attached hydrogen (secondary N) is 2. The Kier molecular flexibility index (Phi) is 8.51. The van der Waals surface area contributed by atoms with Crippen molar-refractivity contribution in [1.82, 2.24) is 4.98 Å². The molecular formula is C22H22Cl2F3N3OS. The first-order chi connectivity index (χ1) is 15.3. The number of unbranched alkanes of at least 4 members (excludes halogenated alkanes) is 2. The molecule has 1 heterocycles. The normalized spacial score (nSPS) is 11.4. The van der Waals surface area contributed by atoms with Crippen molar-refractivity contribution >= 4 is 51.0 Å². The van der Waals surface area contributed by atoms with Crippen LogP contribution >= 0.6 is 34.5 Å². The maximum atomic E-state index is 13.5. The number of hydrogen-bond acceptors (Lipinski definition) is 5. The lowest BCUT2D eigenvalue weighted by atomic mass is 10.1. The Balaban J connectivity index is 1.65. The Morgan fingerprint density at radius 2 is 1.81 bits per heavy atom. The second-order valence-electron chi connectivity index (χ2n) is 7.02. The summed E-state index contributed by atoms with van der Waals surface area (Å²) in [7, 11) is 0. The Morgan fingerprint density at radius 1 is 1.03 bits per heavy atom. The molecule has 1 aromatic heterocycles. The minimum atomic E-state index is -4.52. The van der Waals surface area contributed by atoms with E-state index in [2.05, 4.69) is 15.6 Å². The highest BCUT2D eigenvalue weighted by molar-refractivity contribution is 7.13. The zero-order valence-corrected chi connectivity index (χ0v) is 19.6. The molecule has 3 rings (SSSR count). The summed E-state index contributed by atoms with van der Waals surface area (Å²) in [5.41, 5.74) is 0.996. The maximum Gasteiger partial charge on any atom is 0.420 e. The van der Waals surface area contributed by atoms with Gasteiger partial charge in [0, 0.05) is 16.8 Å². The lowest BCUT2D eigenvalue weighted by Crippen LogP contribution is -2.10. The van der Waals surface area contributed by atoms with E-state index < -0.39 is 11.7 Å². The molecule has 0 atom stereocenters. The van der Waals surface area contributed by atoms with Gasteiger partial charge in [-0.05, 0) is 42.8 Å². The van der Waals surface area contributed by atoms with Gasteiger partial charge < -0.3 is 15.4 Å². The van der Waals surface area contributed by atoms with E-state index in [9.17, 15) is 13.2 Å². The molecule has 3 aromatic rings. The van der Waals surface area contributed by atoms with Crippen LogP contribution in [0.4, 0.5) is 29.7 Å². The van der Waals surface area contributed by atoms with Gasteiger partial charge in [0.05, 0.1) is 34.5 Å². The number of alkyl halides is 3. The van der Waals surface area contributed by atoms with Crippen LogP contribution in [-0.4, -0.2) is 11.6 Å². The topological polar surface area (TPSA) is 46.2 Å². The smallest absolute Gasteiger partial charge is 0.420 e. The van der Waals surface area contributed by atoms with Gasteiger partial charge in [-0.25, -0.2) is 4.98 Å². The van der Waals surface area contributed by atoms with Crippen molar-refractivity contribution in [1.29, 1.82) is 0 Å². The monoisotopic (exact) mass is 503 g/mol.